The highest BCUT2D eigenvalue weighted by Gasteiger charge is 2.52. The van der Waals surface area contributed by atoms with Gasteiger partial charge in [-0.3, -0.25) is 28.7 Å². The van der Waals surface area contributed by atoms with Gasteiger partial charge in [0.05, 0.1) is 11.5 Å². The standard InChI is InChI=1S/C44H52FN6O7PS/c1-5-17-57-44(55)26(2)48-59(56,58-33-9-7-6-8-10-33)40(45)27-11-14-38-30(18-27)22-39(60-38)41(52)47-35-21-29-19-28(29)20-32-12-13-37(51(32)42(35)53)43(54)50-24-31(25-50)34-23-46-16-15-36(34)49(3)4/h6-11,14-16,18,22-23,26,28-29,31-32,35,37,40H,5,12-13,17,19-21,24-25H2,1-4H3,(H,47,52)(H,48,56)/t26-,28+,29-,32+,35-,37-,40?,59+/m0/s1. The molecule has 4 aromatic rings. The Balaban J connectivity index is 0.971. The van der Waals surface area contributed by atoms with Gasteiger partial charge in [0, 0.05) is 67.5 Å². The number of alkyl halides is 1. The van der Waals surface area contributed by atoms with Crippen molar-refractivity contribution in [2.75, 3.05) is 38.7 Å². The third-order valence-corrected chi connectivity index (χ3v) is 15.5. The van der Waals surface area contributed by atoms with Gasteiger partial charge in [-0.2, -0.15) is 0 Å². The summed E-state index contributed by atoms with van der Waals surface area (Å²) >= 11 is 1.20. The highest BCUT2D eigenvalue weighted by atomic mass is 32.1. The number of pyridine rings is 1. The van der Waals surface area contributed by atoms with Crippen molar-refractivity contribution in [3.05, 3.63) is 89.1 Å². The van der Waals surface area contributed by atoms with Crippen LogP contribution in [0.5, 0.6) is 5.75 Å². The summed E-state index contributed by atoms with van der Waals surface area (Å²) in [7, 11) is -0.460. The molecule has 2 N–H and O–H groups in total. The number of para-hydroxylation sites is 1. The number of amides is 3. The molecule has 5 heterocycles. The van der Waals surface area contributed by atoms with Crippen LogP contribution in [0.25, 0.3) is 10.1 Å². The van der Waals surface area contributed by atoms with Gasteiger partial charge in [0.15, 0.2) is 0 Å². The Bertz CT molecular complexity index is 2310. The monoisotopic (exact) mass is 858 g/mol. The topological polar surface area (TPSA) is 150 Å². The molecule has 2 aromatic carbocycles. The van der Waals surface area contributed by atoms with E-state index in [1.165, 1.54) is 30.4 Å². The molecule has 318 valence electrons. The summed E-state index contributed by atoms with van der Waals surface area (Å²) in [5.41, 5.74) is 2.22. The summed E-state index contributed by atoms with van der Waals surface area (Å²) in [6, 6.07) is 13.9. The molecule has 3 saturated heterocycles. The molecule has 4 aliphatic rings. The van der Waals surface area contributed by atoms with Crippen LogP contribution >= 0.6 is 18.9 Å². The van der Waals surface area contributed by atoms with Gasteiger partial charge in [-0.1, -0.05) is 31.2 Å². The number of fused-ring (bicyclic) bond motifs is 3. The summed E-state index contributed by atoms with van der Waals surface area (Å²) in [5, 5.41) is 6.17. The first kappa shape index (κ1) is 41.9. The van der Waals surface area contributed by atoms with Crippen molar-refractivity contribution in [1.82, 2.24) is 25.2 Å². The van der Waals surface area contributed by atoms with Gasteiger partial charge in [0.2, 0.25) is 17.7 Å². The molecule has 3 aliphatic heterocycles. The normalized spacial score (nSPS) is 24.5. The smallest absolute Gasteiger partial charge is 0.355 e. The minimum atomic E-state index is -4.44. The number of anilines is 1. The van der Waals surface area contributed by atoms with Crippen LogP contribution in [0.15, 0.2) is 73.1 Å². The van der Waals surface area contributed by atoms with Gasteiger partial charge in [0.25, 0.3) is 5.91 Å². The predicted octanol–water partition coefficient (Wildman–Crippen LogP) is 7.05. The van der Waals surface area contributed by atoms with E-state index in [1.807, 2.05) is 38.2 Å². The molecule has 1 saturated carbocycles. The van der Waals surface area contributed by atoms with Crippen molar-refractivity contribution in [2.24, 2.45) is 11.8 Å². The second-order valence-corrected chi connectivity index (χ2v) is 20.0. The molecule has 16 heteroatoms. The zero-order valence-electron chi connectivity index (χ0n) is 34.3. The van der Waals surface area contributed by atoms with Crippen molar-refractivity contribution in [3.63, 3.8) is 0 Å². The van der Waals surface area contributed by atoms with Gasteiger partial charge in [-0.25, -0.2) is 9.48 Å². The summed E-state index contributed by atoms with van der Waals surface area (Å²) in [6.45, 7) is 4.59. The van der Waals surface area contributed by atoms with Crippen molar-refractivity contribution in [3.8, 4) is 5.75 Å². The lowest BCUT2D eigenvalue weighted by Crippen LogP contribution is -2.59. The lowest BCUT2D eigenvalue weighted by Gasteiger charge is -2.44. The Hall–Kier alpha value is -4.85. The van der Waals surface area contributed by atoms with E-state index in [-0.39, 0.29) is 41.7 Å². The van der Waals surface area contributed by atoms with Crippen LogP contribution in [0.3, 0.4) is 0 Å². The van der Waals surface area contributed by atoms with E-state index in [0.29, 0.717) is 59.2 Å². The van der Waals surface area contributed by atoms with Gasteiger partial charge < -0.3 is 29.3 Å². The molecule has 60 heavy (non-hydrogen) atoms. The number of carbonyl (C=O) groups excluding carboxylic acids is 4. The summed E-state index contributed by atoms with van der Waals surface area (Å²) in [6.07, 6.45) is 7.96. The van der Waals surface area contributed by atoms with Gasteiger partial charge in [0.1, 0.15) is 23.9 Å². The number of ether oxygens (including phenoxy) is 1. The molecule has 4 fully saturated rings. The summed E-state index contributed by atoms with van der Waals surface area (Å²) in [4.78, 5) is 65.4. The molecule has 8 atom stereocenters. The van der Waals surface area contributed by atoms with E-state index in [2.05, 4.69) is 20.3 Å². The maximum absolute atomic E-state index is 16.6. The zero-order chi connectivity index (χ0) is 42.3. The van der Waals surface area contributed by atoms with Crippen LogP contribution in [-0.2, 0) is 23.7 Å². The number of benzene rings is 2. The Morgan fingerprint density at radius 1 is 1.03 bits per heavy atom. The number of nitrogens with one attached hydrogen (secondary N) is 2. The first-order chi connectivity index (χ1) is 28.8. The van der Waals surface area contributed by atoms with E-state index in [0.717, 1.165) is 30.5 Å². The summed E-state index contributed by atoms with van der Waals surface area (Å²) in [5.74, 6) is -2.43. The SMILES string of the molecule is CCCOC(=O)[C@H](C)N[P@](=O)(Oc1ccccc1)C(F)c1ccc2sc(C(=O)N[C@H]3C[C@@H]4C[C@@H]4C[C@H]4CC[C@@H](C(=O)N5CC(c6cnccc6N(C)C)C5)N4C3=O)cc2c1. The molecule has 8 rings (SSSR count). The number of likely N-dealkylation sites (tertiary alicyclic amines) is 1. The Labute approximate surface area is 353 Å². The van der Waals surface area contributed by atoms with E-state index in [1.54, 1.807) is 53.6 Å². The van der Waals surface area contributed by atoms with Crippen molar-refractivity contribution >= 4 is 58.3 Å². The van der Waals surface area contributed by atoms with E-state index in [9.17, 15) is 23.7 Å². The molecule has 3 amide bonds. The summed E-state index contributed by atoms with van der Waals surface area (Å²) < 4.78 is 42.5. The van der Waals surface area contributed by atoms with Crippen molar-refractivity contribution in [1.29, 1.82) is 0 Å². The average molecular weight is 859 g/mol. The molecule has 0 radical (unpaired) electrons. The van der Waals surface area contributed by atoms with E-state index in [4.69, 9.17) is 9.26 Å². The number of aromatic nitrogens is 1. The molecule has 0 spiro atoms. The average Bonchev–Trinajstić information content (AvgIpc) is 3.57. The molecule has 2 aromatic heterocycles. The van der Waals surface area contributed by atoms with Crippen LogP contribution in [0.2, 0.25) is 0 Å². The number of thiophene rings is 1. The number of nitrogens with zero attached hydrogens (tertiary/aromatic N) is 4. The lowest BCUT2D eigenvalue weighted by atomic mass is 9.90. The van der Waals surface area contributed by atoms with Crippen LogP contribution in [0, 0.1) is 11.8 Å². The lowest BCUT2D eigenvalue weighted by molar-refractivity contribution is -0.149. The fourth-order valence-corrected chi connectivity index (χ4v) is 11.8. The second kappa shape index (κ2) is 17.3. The first-order valence-electron chi connectivity index (χ1n) is 20.8. The van der Waals surface area contributed by atoms with Crippen LogP contribution < -0.4 is 19.8 Å². The molecular weight excluding hydrogens is 807 g/mol. The fourth-order valence-electron chi connectivity index (χ4n) is 8.99. The highest BCUT2D eigenvalue weighted by molar-refractivity contribution is 7.57. The quantitative estimate of drug-likeness (QED) is 0.0998. The van der Waals surface area contributed by atoms with Gasteiger partial charge >= 0.3 is 13.5 Å². The van der Waals surface area contributed by atoms with Gasteiger partial charge in [-0.05, 0) is 105 Å². The predicted molar refractivity (Wildman–Crippen MR) is 228 cm³/mol. The number of halogens is 1. The number of hydrogen-bond donors (Lipinski definition) is 2. The van der Waals surface area contributed by atoms with Crippen LogP contribution in [0.4, 0.5) is 10.1 Å². The molecule has 0 bridgehead atoms. The van der Waals surface area contributed by atoms with Crippen LogP contribution in [0.1, 0.15) is 85.0 Å². The minimum Gasteiger partial charge on any atom is -0.465 e. The van der Waals surface area contributed by atoms with E-state index < -0.39 is 43.4 Å². The molecule has 1 unspecified atom stereocenters. The Morgan fingerprint density at radius 3 is 2.55 bits per heavy atom. The van der Waals surface area contributed by atoms with E-state index >= 15 is 4.39 Å². The first-order valence-corrected chi connectivity index (χ1v) is 23.3. The van der Waals surface area contributed by atoms with Gasteiger partial charge in [-0.15, -0.1) is 11.3 Å². The fraction of sp³-hybridized carbons (Fsp3) is 0.477. The Morgan fingerprint density at radius 2 is 1.80 bits per heavy atom. The Kier molecular flexibility index (Phi) is 12.0. The largest absolute Gasteiger partial charge is 0.465 e. The number of hydrogen-bond acceptors (Lipinski definition) is 10. The number of rotatable bonds is 14. The minimum absolute atomic E-state index is 0.0333. The maximum Gasteiger partial charge on any atom is 0.355 e. The van der Waals surface area contributed by atoms with Crippen LogP contribution in [-0.4, -0.2) is 96.4 Å². The molecule has 1 aliphatic carbocycles. The number of carbonyl (C=O) groups is 4. The molecular formula is C44H52FN6O7PS. The second-order valence-electron chi connectivity index (χ2n) is 16.8. The maximum atomic E-state index is 16.6. The zero-order valence-corrected chi connectivity index (χ0v) is 36.0. The molecule has 13 nitrogen and oxygen atoms in total. The van der Waals surface area contributed by atoms with Crippen molar-refractivity contribution in [2.45, 2.75) is 88.4 Å². The third kappa shape index (κ3) is 8.53. The third-order valence-electron chi connectivity index (χ3n) is 12.3. The van der Waals surface area contributed by atoms with Crippen molar-refractivity contribution < 1.29 is 37.4 Å². The number of esters is 1. The highest BCUT2D eigenvalue weighted by Crippen LogP contribution is 2.58.